The Morgan fingerprint density at radius 1 is 1.37 bits per heavy atom. The van der Waals surface area contributed by atoms with Gasteiger partial charge >= 0.3 is 0 Å². The number of hydrazine groups is 1. The van der Waals surface area contributed by atoms with Crippen molar-refractivity contribution in [2.45, 2.75) is 12.5 Å². The van der Waals surface area contributed by atoms with E-state index in [0.717, 1.165) is 26.7 Å². The zero-order chi connectivity index (χ0) is 13.8. The zero-order valence-corrected chi connectivity index (χ0v) is 14.3. The Morgan fingerprint density at radius 3 is 2.68 bits per heavy atom. The van der Waals surface area contributed by atoms with E-state index in [1.165, 1.54) is 4.88 Å². The first-order valence-electron chi connectivity index (χ1n) is 5.66. The number of methoxy groups -OCH3 is 1. The minimum Gasteiger partial charge on any atom is -0.496 e. The molecule has 19 heavy (non-hydrogen) atoms. The third kappa shape index (κ3) is 3.79. The van der Waals surface area contributed by atoms with Crippen molar-refractivity contribution in [3.8, 4) is 5.75 Å². The van der Waals surface area contributed by atoms with Crippen molar-refractivity contribution >= 4 is 43.2 Å². The van der Waals surface area contributed by atoms with Crippen LogP contribution in [0, 0.1) is 0 Å². The van der Waals surface area contributed by atoms with E-state index in [-0.39, 0.29) is 6.04 Å². The van der Waals surface area contributed by atoms with E-state index in [4.69, 9.17) is 10.6 Å². The summed E-state index contributed by atoms with van der Waals surface area (Å²) in [4.78, 5) is 1.28. The lowest BCUT2D eigenvalue weighted by Crippen LogP contribution is -2.29. The predicted octanol–water partition coefficient (Wildman–Crippen LogP) is 4.03. The summed E-state index contributed by atoms with van der Waals surface area (Å²) in [6, 6.07) is 8.19. The summed E-state index contributed by atoms with van der Waals surface area (Å²) < 4.78 is 7.27. The number of benzene rings is 1. The van der Waals surface area contributed by atoms with Crippen molar-refractivity contribution < 1.29 is 4.74 Å². The Balaban J connectivity index is 2.19. The van der Waals surface area contributed by atoms with Gasteiger partial charge in [0.1, 0.15) is 5.75 Å². The maximum atomic E-state index is 5.68. The van der Waals surface area contributed by atoms with E-state index in [1.807, 2.05) is 18.2 Å². The van der Waals surface area contributed by atoms with Crippen LogP contribution in [-0.2, 0) is 6.42 Å². The molecule has 0 fully saturated rings. The number of rotatable bonds is 5. The molecule has 0 spiro atoms. The van der Waals surface area contributed by atoms with Gasteiger partial charge in [0.15, 0.2) is 0 Å². The van der Waals surface area contributed by atoms with Crippen molar-refractivity contribution in [2.75, 3.05) is 7.11 Å². The van der Waals surface area contributed by atoms with E-state index in [9.17, 15) is 0 Å². The van der Waals surface area contributed by atoms with Crippen molar-refractivity contribution in [1.29, 1.82) is 0 Å². The van der Waals surface area contributed by atoms with Gasteiger partial charge in [-0.1, -0.05) is 6.07 Å². The largest absolute Gasteiger partial charge is 0.496 e. The molecule has 102 valence electrons. The van der Waals surface area contributed by atoms with Crippen molar-refractivity contribution in [3.63, 3.8) is 0 Å². The van der Waals surface area contributed by atoms with Crippen LogP contribution in [0.15, 0.2) is 38.6 Å². The average Bonchev–Trinajstić information content (AvgIpc) is 2.81. The lowest BCUT2D eigenvalue weighted by molar-refractivity contribution is 0.411. The molecule has 0 saturated heterocycles. The van der Waals surface area contributed by atoms with Gasteiger partial charge in [-0.2, -0.15) is 0 Å². The molecule has 3 N–H and O–H groups in total. The molecule has 0 saturated carbocycles. The summed E-state index contributed by atoms with van der Waals surface area (Å²) in [5.41, 5.74) is 4.00. The number of hydrogen-bond acceptors (Lipinski definition) is 4. The third-order valence-corrected chi connectivity index (χ3v) is 5.15. The van der Waals surface area contributed by atoms with Gasteiger partial charge in [0.25, 0.3) is 0 Å². The van der Waals surface area contributed by atoms with Crippen molar-refractivity contribution in [3.05, 3.63) is 49.0 Å². The summed E-state index contributed by atoms with van der Waals surface area (Å²) in [6.45, 7) is 0. The van der Waals surface area contributed by atoms with Crippen LogP contribution >= 0.6 is 43.2 Å². The molecule has 1 atom stereocenters. The number of hydrogen-bond donors (Lipinski definition) is 2. The highest BCUT2D eigenvalue weighted by atomic mass is 79.9. The van der Waals surface area contributed by atoms with Crippen LogP contribution in [0.3, 0.4) is 0 Å². The highest BCUT2D eigenvalue weighted by Crippen LogP contribution is 2.30. The number of thiophene rings is 1. The number of halogens is 2. The molecule has 1 aromatic carbocycles. The highest BCUT2D eigenvalue weighted by molar-refractivity contribution is 9.10. The van der Waals surface area contributed by atoms with Gasteiger partial charge in [0, 0.05) is 21.2 Å². The molecule has 0 radical (unpaired) electrons. The fourth-order valence-corrected chi connectivity index (χ4v) is 3.89. The summed E-state index contributed by atoms with van der Waals surface area (Å²) in [5.74, 6) is 6.49. The minimum atomic E-state index is 0.0766. The van der Waals surface area contributed by atoms with Gasteiger partial charge in [0.2, 0.25) is 0 Å². The van der Waals surface area contributed by atoms with Crippen LogP contribution in [0.1, 0.15) is 16.5 Å². The molecule has 3 nitrogen and oxygen atoms in total. The Kier molecular flexibility index (Phi) is 5.41. The Bertz CT molecular complexity index is 559. The van der Waals surface area contributed by atoms with Crippen molar-refractivity contribution in [1.82, 2.24) is 5.43 Å². The standard InChI is InChI=1S/C13H14Br2N2OS/c1-18-13-3-2-8(4-11(13)15)12(17-16)6-10-5-9(14)7-19-10/h2-5,7,12,17H,6,16H2,1H3. The van der Waals surface area contributed by atoms with E-state index in [0.29, 0.717) is 0 Å². The highest BCUT2D eigenvalue weighted by Gasteiger charge is 2.13. The first kappa shape index (κ1) is 15.0. The maximum Gasteiger partial charge on any atom is 0.133 e. The Hall–Kier alpha value is -0.400. The number of nitrogens with one attached hydrogen (secondary N) is 1. The molecule has 6 heteroatoms. The molecule has 1 heterocycles. The second-order valence-corrected chi connectivity index (χ2v) is 6.81. The zero-order valence-electron chi connectivity index (χ0n) is 10.3. The van der Waals surface area contributed by atoms with E-state index < -0.39 is 0 Å². The molecule has 1 unspecified atom stereocenters. The van der Waals surface area contributed by atoms with Gasteiger partial charge in [-0.15, -0.1) is 11.3 Å². The first-order chi connectivity index (χ1) is 9.13. The number of nitrogens with two attached hydrogens (primary N) is 1. The van der Waals surface area contributed by atoms with Gasteiger partial charge in [-0.25, -0.2) is 0 Å². The van der Waals surface area contributed by atoms with E-state index in [1.54, 1.807) is 18.4 Å². The molecule has 0 amide bonds. The van der Waals surface area contributed by atoms with Crippen LogP contribution in [0.5, 0.6) is 5.75 Å². The predicted molar refractivity (Wildman–Crippen MR) is 86.5 cm³/mol. The minimum absolute atomic E-state index is 0.0766. The second-order valence-electron chi connectivity index (χ2n) is 4.05. The van der Waals surface area contributed by atoms with Gasteiger partial charge in [-0.3, -0.25) is 11.3 Å². The monoisotopic (exact) mass is 404 g/mol. The maximum absolute atomic E-state index is 5.68. The quantitative estimate of drug-likeness (QED) is 0.583. The number of ether oxygens (including phenoxy) is 1. The molecular weight excluding hydrogens is 392 g/mol. The second kappa shape index (κ2) is 6.85. The average molecular weight is 406 g/mol. The molecule has 2 aromatic rings. The van der Waals surface area contributed by atoms with Gasteiger partial charge < -0.3 is 4.74 Å². The van der Waals surface area contributed by atoms with Crippen LogP contribution in [0.25, 0.3) is 0 Å². The SMILES string of the molecule is COc1ccc(C(Cc2cc(Br)cs2)NN)cc1Br. The van der Waals surface area contributed by atoms with Crippen LogP contribution in [-0.4, -0.2) is 7.11 Å². The Morgan fingerprint density at radius 2 is 2.16 bits per heavy atom. The summed E-state index contributed by atoms with van der Waals surface area (Å²) in [6.07, 6.45) is 0.853. The molecule has 0 aliphatic carbocycles. The fourth-order valence-electron chi connectivity index (χ4n) is 1.83. The van der Waals surface area contributed by atoms with E-state index in [2.05, 4.69) is 48.7 Å². The molecular formula is C13H14Br2N2OS. The van der Waals surface area contributed by atoms with Gasteiger partial charge in [0.05, 0.1) is 17.6 Å². The molecule has 1 aromatic heterocycles. The lowest BCUT2D eigenvalue weighted by atomic mass is 10.0. The topological polar surface area (TPSA) is 47.3 Å². The molecule has 0 aliphatic heterocycles. The van der Waals surface area contributed by atoms with Crippen LogP contribution in [0.2, 0.25) is 0 Å². The third-order valence-electron chi connectivity index (χ3n) is 2.81. The van der Waals surface area contributed by atoms with Crippen LogP contribution in [0.4, 0.5) is 0 Å². The molecule has 0 aliphatic rings. The fraction of sp³-hybridized carbons (Fsp3) is 0.231. The summed E-state index contributed by atoms with van der Waals surface area (Å²) >= 11 is 8.68. The lowest BCUT2D eigenvalue weighted by Gasteiger charge is -2.16. The van der Waals surface area contributed by atoms with Crippen LogP contribution < -0.4 is 16.0 Å². The van der Waals surface area contributed by atoms with E-state index >= 15 is 0 Å². The molecule has 0 bridgehead atoms. The first-order valence-corrected chi connectivity index (χ1v) is 8.13. The normalized spacial score (nSPS) is 12.4. The summed E-state index contributed by atoms with van der Waals surface area (Å²) in [5, 5.41) is 2.08. The van der Waals surface area contributed by atoms with Gasteiger partial charge in [-0.05, 0) is 55.6 Å². The Labute approximate surface area is 133 Å². The summed E-state index contributed by atoms with van der Waals surface area (Å²) in [7, 11) is 1.65. The molecule has 2 rings (SSSR count). The van der Waals surface area contributed by atoms with Crippen molar-refractivity contribution in [2.24, 2.45) is 5.84 Å². The smallest absolute Gasteiger partial charge is 0.133 e.